The highest BCUT2D eigenvalue weighted by molar-refractivity contribution is 5.77. The Morgan fingerprint density at radius 1 is 1.08 bits per heavy atom. The summed E-state index contributed by atoms with van der Waals surface area (Å²) in [6.07, 6.45) is 2.95. The summed E-state index contributed by atoms with van der Waals surface area (Å²) in [4.78, 5) is 16.8. The van der Waals surface area contributed by atoms with Crippen LogP contribution in [0, 0.1) is 0 Å². The maximum atomic E-state index is 5.49. The molecule has 2 saturated heterocycles. The van der Waals surface area contributed by atoms with E-state index in [2.05, 4.69) is 26.9 Å². The van der Waals surface area contributed by atoms with Crippen LogP contribution in [0.2, 0.25) is 0 Å². The molecule has 1 aromatic carbocycles. The second-order valence-corrected chi connectivity index (χ2v) is 6.82. The lowest BCUT2D eigenvalue weighted by atomic mass is 10.0. The number of nitrogens with zero attached hydrogens (tertiary/aromatic N) is 5. The molecule has 1 N–H and O–H groups in total. The van der Waals surface area contributed by atoms with Crippen molar-refractivity contribution in [1.82, 2.24) is 24.8 Å². The molecular formula is C19H22N6O. The fourth-order valence-corrected chi connectivity index (χ4v) is 3.76. The van der Waals surface area contributed by atoms with Crippen molar-refractivity contribution in [3.05, 3.63) is 42.4 Å². The standard InChI is InChI=1S/C19H22N6O/c1-2-4-15(5-3-1)25-13-21-17-16(14-6-7-20-12-14)22-19(23-18(17)25)24-8-10-26-11-9-24/h1-5,13-14,20H,6-12H2. The van der Waals surface area contributed by atoms with Crippen LogP contribution < -0.4 is 10.2 Å². The Morgan fingerprint density at radius 3 is 2.69 bits per heavy atom. The molecule has 0 radical (unpaired) electrons. The van der Waals surface area contributed by atoms with Gasteiger partial charge in [0.25, 0.3) is 0 Å². The van der Waals surface area contributed by atoms with Gasteiger partial charge in [0.05, 0.1) is 18.9 Å². The van der Waals surface area contributed by atoms with Crippen molar-refractivity contribution in [3.8, 4) is 5.69 Å². The molecule has 1 unspecified atom stereocenters. The van der Waals surface area contributed by atoms with Crippen molar-refractivity contribution in [2.45, 2.75) is 12.3 Å². The smallest absolute Gasteiger partial charge is 0.227 e. The minimum Gasteiger partial charge on any atom is -0.378 e. The maximum absolute atomic E-state index is 5.49. The number of nitrogens with one attached hydrogen (secondary N) is 1. The molecule has 2 fully saturated rings. The van der Waals surface area contributed by atoms with E-state index in [9.17, 15) is 0 Å². The van der Waals surface area contributed by atoms with E-state index in [1.807, 2.05) is 24.5 Å². The number of hydrogen-bond donors (Lipinski definition) is 1. The largest absolute Gasteiger partial charge is 0.378 e. The van der Waals surface area contributed by atoms with Gasteiger partial charge in [0.2, 0.25) is 5.95 Å². The molecule has 7 heteroatoms. The number of ether oxygens (including phenoxy) is 1. The van der Waals surface area contributed by atoms with Crippen molar-refractivity contribution in [2.24, 2.45) is 0 Å². The zero-order valence-electron chi connectivity index (χ0n) is 14.6. The number of benzene rings is 1. The molecule has 1 atom stereocenters. The molecule has 26 heavy (non-hydrogen) atoms. The number of morpholine rings is 1. The van der Waals surface area contributed by atoms with Crippen LogP contribution in [0.1, 0.15) is 18.0 Å². The van der Waals surface area contributed by atoms with Crippen LogP contribution in [0.15, 0.2) is 36.7 Å². The molecule has 3 aromatic rings. The normalized spacial score (nSPS) is 20.8. The van der Waals surface area contributed by atoms with Crippen LogP contribution in [0.4, 0.5) is 5.95 Å². The molecule has 5 rings (SSSR count). The molecule has 134 valence electrons. The number of para-hydroxylation sites is 1. The minimum atomic E-state index is 0.388. The van der Waals surface area contributed by atoms with Gasteiger partial charge in [-0.25, -0.2) is 9.97 Å². The average Bonchev–Trinajstić information content (AvgIpc) is 3.39. The molecule has 7 nitrogen and oxygen atoms in total. The fourth-order valence-electron chi connectivity index (χ4n) is 3.76. The number of anilines is 1. The van der Waals surface area contributed by atoms with Gasteiger partial charge >= 0.3 is 0 Å². The molecule has 0 bridgehead atoms. The van der Waals surface area contributed by atoms with E-state index in [1.54, 1.807) is 0 Å². The second kappa shape index (κ2) is 6.66. The summed E-state index contributed by atoms with van der Waals surface area (Å²) in [6.45, 7) is 5.08. The highest BCUT2D eigenvalue weighted by Crippen LogP contribution is 2.29. The predicted molar refractivity (Wildman–Crippen MR) is 99.9 cm³/mol. The maximum Gasteiger partial charge on any atom is 0.227 e. The van der Waals surface area contributed by atoms with Crippen molar-refractivity contribution in [2.75, 3.05) is 44.3 Å². The van der Waals surface area contributed by atoms with E-state index in [1.165, 1.54) is 0 Å². The lowest BCUT2D eigenvalue weighted by molar-refractivity contribution is 0.122. The Morgan fingerprint density at radius 2 is 1.92 bits per heavy atom. The number of aromatic nitrogens is 4. The van der Waals surface area contributed by atoms with E-state index < -0.39 is 0 Å². The first kappa shape index (κ1) is 15.7. The third kappa shape index (κ3) is 2.73. The zero-order valence-corrected chi connectivity index (χ0v) is 14.6. The highest BCUT2D eigenvalue weighted by atomic mass is 16.5. The molecule has 0 spiro atoms. The van der Waals surface area contributed by atoms with Crippen molar-refractivity contribution >= 4 is 17.1 Å². The Bertz CT molecular complexity index is 897. The lowest BCUT2D eigenvalue weighted by Gasteiger charge is -2.27. The van der Waals surface area contributed by atoms with E-state index in [4.69, 9.17) is 19.7 Å². The molecule has 0 amide bonds. The molecule has 2 aliphatic heterocycles. The van der Waals surface area contributed by atoms with Crippen LogP contribution in [-0.2, 0) is 4.74 Å². The van der Waals surface area contributed by atoms with Gasteiger partial charge in [-0.15, -0.1) is 0 Å². The summed E-state index contributed by atoms with van der Waals surface area (Å²) in [5.41, 5.74) is 3.93. The summed E-state index contributed by atoms with van der Waals surface area (Å²) in [5, 5.41) is 3.44. The predicted octanol–water partition coefficient (Wildman–Crippen LogP) is 1.73. The summed E-state index contributed by atoms with van der Waals surface area (Å²) in [5.74, 6) is 1.18. The number of fused-ring (bicyclic) bond motifs is 1. The third-order valence-corrected chi connectivity index (χ3v) is 5.19. The first-order valence-corrected chi connectivity index (χ1v) is 9.24. The Balaban J connectivity index is 1.67. The molecule has 0 aliphatic carbocycles. The topological polar surface area (TPSA) is 68.1 Å². The molecule has 4 heterocycles. The van der Waals surface area contributed by atoms with Crippen LogP contribution in [0.3, 0.4) is 0 Å². The van der Waals surface area contributed by atoms with Crippen LogP contribution in [0.25, 0.3) is 16.9 Å². The SMILES string of the molecule is c1ccc(-n2cnc3c(C4CCNC4)nc(N4CCOCC4)nc32)cc1. The van der Waals surface area contributed by atoms with Crippen LogP contribution >= 0.6 is 0 Å². The molecule has 0 saturated carbocycles. The van der Waals surface area contributed by atoms with Crippen molar-refractivity contribution in [3.63, 3.8) is 0 Å². The molecule has 2 aliphatic rings. The minimum absolute atomic E-state index is 0.388. The Labute approximate surface area is 152 Å². The summed E-state index contributed by atoms with van der Waals surface area (Å²) >= 11 is 0. The van der Waals surface area contributed by atoms with Gasteiger partial charge < -0.3 is 15.0 Å². The summed E-state index contributed by atoms with van der Waals surface area (Å²) in [6, 6.07) is 10.2. The highest BCUT2D eigenvalue weighted by Gasteiger charge is 2.26. The van der Waals surface area contributed by atoms with Gasteiger partial charge in [0, 0.05) is 31.2 Å². The van der Waals surface area contributed by atoms with Gasteiger partial charge in [-0.2, -0.15) is 4.98 Å². The van der Waals surface area contributed by atoms with E-state index in [0.717, 1.165) is 74.3 Å². The van der Waals surface area contributed by atoms with Gasteiger partial charge in [-0.1, -0.05) is 18.2 Å². The van der Waals surface area contributed by atoms with Gasteiger partial charge in [-0.05, 0) is 25.1 Å². The monoisotopic (exact) mass is 350 g/mol. The Hall–Kier alpha value is -2.51. The van der Waals surface area contributed by atoms with E-state index >= 15 is 0 Å². The van der Waals surface area contributed by atoms with E-state index in [0.29, 0.717) is 5.92 Å². The summed E-state index contributed by atoms with van der Waals surface area (Å²) < 4.78 is 7.55. The average molecular weight is 350 g/mol. The summed E-state index contributed by atoms with van der Waals surface area (Å²) in [7, 11) is 0. The number of imidazole rings is 1. The lowest BCUT2D eigenvalue weighted by Crippen LogP contribution is -2.37. The third-order valence-electron chi connectivity index (χ3n) is 5.19. The number of hydrogen-bond acceptors (Lipinski definition) is 6. The molecular weight excluding hydrogens is 328 g/mol. The van der Waals surface area contributed by atoms with E-state index in [-0.39, 0.29) is 0 Å². The van der Waals surface area contributed by atoms with Crippen molar-refractivity contribution in [1.29, 1.82) is 0 Å². The van der Waals surface area contributed by atoms with Gasteiger partial charge in [0.15, 0.2) is 5.65 Å². The first-order chi connectivity index (χ1) is 12.9. The Kier molecular flexibility index (Phi) is 4.03. The van der Waals surface area contributed by atoms with Crippen molar-refractivity contribution < 1.29 is 4.74 Å². The second-order valence-electron chi connectivity index (χ2n) is 6.82. The zero-order chi connectivity index (χ0) is 17.3. The van der Waals surface area contributed by atoms with Gasteiger partial charge in [0.1, 0.15) is 11.8 Å². The first-order valence-electron chi connectivity index (χ1n) is 9.24. The number of rotatable bonds is 3. The quantitative estimate of drug-likeness (QED) is 0.776. The van der Waals surface area contributed by atoms with Crippen LogP contribution in [-0.4, -0.2) is 58.9 Å². The van der Waals surface area contributed by atoms with Crippen LogP contribution in [0.5, 0.6) is 0 Å². The fraction of sp³-hybridized carbons (Fsp3) is 0.421. The molecule has 2 aromatic heterocycles. The van der Waals surface area contributed by atoms with Gasteiger partial charge in [-0.3, -0.25) is 4.57 Å².